The van der Waals surface area contributed by atoms with Crippen LogP contribution >= 0.6 is 11.8 Å². The molecular formula is C23H25N3O7S. The van der Waals surface area contributed by atoms with Crippen molar-refractivity contribution in [3.63, 3.8) is 0 Å². The summed E-state index contributed by atoms with van der Waals surface area (Å²) >= 11 is 1.70. The molecular weight excluding hydrogens is 462 g/mol. The predicted octanol–water partition coefficient (Wildman–Crippen LogP) is -0.00620. The van der Waals surface area contributed by atoms with Crippen LogP contribution in [0.2, 0.25) is 0 Å². The van der Waals surface area contributed by atoms with E-state index in [2.05, 4.69) is 12.1 Å². The topological polar surface area (TPSA) is 132 Å². The minimum Gasteiger partial charge on any atom is -0.539 e. The molecule has 1 saturated heterocycles. The van der Waals surface area contributed by atoms with E-state index in [1.807, 2.05) is 48.2 Å². The van der Waals surface area contributed by atoms with Crippen LogP contribution in [0.3, 0.4) is 0 Å². The molecule has 0 spiro atoms. The number of hydrogen-bond donors (Lipinski definition) is 2. The van der Waals surface area contributed by atoms with Crippen molar-refractivity contribution in [2.24, 2.45) is 0 Å². The van der Waals surface area contributed by atoms with Gasteiger partial charge in [0, 0.05) is 9.79 Å². The number of aliphatic carboxylic acids is 2. The number of nitrogens with zero attached hydrogens (tertiary/aromatic N) is 2. The monoisotopic (exact) mass is 487 g/mol. The number of para-hydroxylation sites is 2. The molecule has 34 heavy (non-hydrogen) atoms. The molecule has 2 aromatic rings. The maximum absolute atomic E-state index is 13.3. The van der Waals surface area contributed by atoms with Gasteiger partial charge >= 0.3 is 12.1 Å². The standard InChI is InChI=1S/C21H23N3O3S.C2H2O4/c1-2-27-21(26)23-13-11-22(12-14-23)15-20(25)24-16-7-3-5-9-18(16)28-19-10-6-4-8-17(19)24;3-1(4)2(5)6/h3-10H,2,11-15H2,1H3;(H,3,4)(H,5,6). The number of benzene rings is 2. The number of carbonyl (C=O) groups is 4. The second-order valence-electron chi connectivity index (χ2n) is 7.47. The van der Waals surface area contributed by atoms with Crippen molar-refractivity contribution in [2.75, 3.05) is 44.2 Å². The van der Waals surface area contributed by atoms with Crippen molar-refractivity contribution in [1.29, 1.82) is 0 Å². The molecule has 2 aliphatic heterocycles. The Morgan fingerprint density at radius 1 is 1.00 bits per heavy atom. The Balaban J connectivity index is 0.000000481. The normalized spacial score (nSPS) is 14.7. The Labute approximate surface area is 200 Å². The minimum atomic E-state index is -2.07. The van der Waals surface area contributed by atoms with Crippen LogP contribution in [0, 0.1) is 0 Å². The van der Waals surface area contributed by atoms with Gasteiger partial charge in [0.1, 0.15) is 0 Å². The van der Waals surface area contributed by atoms with Gasteiger partial charge in [-0.05, 0) is 31.2 Å². The molecule has 2 amide bonds. The summed E-state index contributed by atoms with van der Waals surface area (Å²) in [5, 5.41) is 16.3. The molecule has 0 bridgehead atoms. The Bertz CT molecular complexity index is 1010. The fourth-order valence-corrected chi connectivity index (χ4v) is 4.72. The van der Waals surface area contributed by atoms with Crippen LogP contribution in [-0.2, 0) is 19.1 Å². The van der Waals surface area contributed by atoms with Crippen LogP contribution in [0.4, 0.5) is 16.2 Å². The van der Waals surface area contributed by atoms with Crippen molar-refractivity contribution in [3.8, 4) is 0 Å². The fraction of sp³-hybridized carbons (Fsp3) is 0.304. The summed E-state index contributed by atoms with van der Waals surface area (Å²) in [5.41, 5.74) is 1.89. The number of rotatable bonds is 3. The maximum atomic E-state index is 13.3. The molecule has 0 atom stereocenters. The highest BCUT2D eigenvalue weighted by atomic mass is 32.2. The number of ether oxygens (including phenoxy) is 1. The zero-order valence-corrected chi connectivity index (χ0v) is 19.4. The third-order valence-electron chi connectivity index (χ3n) is 5.25. The van der Waals surface area contributed by atoms with E-state index in [9.17, 15) is 9.59 Å². The second kappa shape index (κ2) is 11.5. The molecule has 4 rings (SSSR count). The molecule has 11 heteroatoms. The lowest BCUT2D eigenvalue weighted by atomic mass is 10.2. The quantitative estimate of drug-likeness (QED) is 0.578. The molecule has 2 N–H and O–H groups in total. The fourth-order valence-electron chi connectivity index (χ4n) is 3.66. The highest BCUT2D eigenvalue weighted by molar-refractivity contribution is 7.99. The number of carboxylic acid groups (broad SMARTS) is 2. The summed E-state index contributed by atoms with van der Waals surface area (Å²) in [5.74, 6) is -3.93. The van der Waals surface area contributed by atoms with Crippen LogP contribution < -0.4 is 14.9 Å². The second-order valence-corrected chi connectivity index (χ2v) is 8.56. The SMILES string of the molecule is CCOC(=O)N1CC[NH+](CC(=O)N2c3ccccc3Sc3ccccc32)CC1.O=C([O-])C(=O)O. The summed E-state index contributed by atoms with van der Waals surface area (Å²) in [6.07, 6.45) is -0.260. The van der Waals surface area contributed by atoms with Crippen LogP contribution in [0.25, 0.3) is 0 Å². The molecule has 0 unspecified atom stereocenters. The number of amides is 2. The number of anilines is 2. The molecule has 0 aliphatic carbocycles. The number of hydrogen-bond acceptors (Lipinski definition) is 7. The third kappa shape index (κ3) is 6.06. The van der Waals surface area contributed by atoms with Gasteiger partial charge in [0.05, 0.1) is 44.2 Å². The number of quaternary nitrogens is 1. The van der Waals surface area contributed by atoms with Crippen LogP contribution in [-0.4, -0.2) is 73.3 Å². The van der Waals surface area contributed by atoms with Gasteiger partial charge in [0.15, 0.2) is 12.5 Å². The van der Waals surface area contributed by atoms with Crippen LogP contribution in [0.15, 0.2) is 58.3 Å². The summed E-state index contributed by atoms with van der Waals surface area (Å²) in [4.78, 5) is 50.1. The number of nitrogens with one attached hydrogen (secondary N) is 1. The largest absolute Gasteiger partial charge is 0.539 e. The van der Waals surface area contributed by atoms with Crippen molar-refractivity contribution < 1.29 is 39.0 Å². The number of carbonyl (C=O) groups excluding carboxylic acids is 3. The summed E-state index contributed by atoms with van der Waals surface area (Å²) < 4.78 is 5.07. The molecule has 0 saturated carbocycles. The highest BCUT2D eigenvalue weighted by Crippen LogP contribution is 2.47. The molecule has 0 radical (unpaired) electrons. The zero-order chi connectivity index (χ0) is 24.7. The van der Waals surface area contributed by atoms with Crippen molar-refractivity contribution in [3.05, 3.63) is 48.5 Å². The average molecular weight is 488 g/mol. The first kappa shape index (κ1) is 25.1. The molecule has 0 aromatic heterocycles. The molecule has 2 aromatic carbocycles. The first-order valence-electron chi connectivity index (χ1n) is 10.7. The van der Waals surface area contributed by atoms with E-state index in [4.69, 9.17) is 24.5 Å². The molecule has 2 heterocycles. The number of carboxylic acids is 2. The van der Waals surface area contributed by atoms with Gasteiger partial charge in [-0.3, -0.25) is 14.6 Å². The molecule has 1 fully saturated rings. The van der Waals surface area contributed by atoms with E-state index >= 15 is 0 Å². The van der Waals surface area contributed by atoms with Gasteiger partial charge in [0.2, 0.25) is 0 Å². The Morgan fingerprint density at radius 2 is 1.50 bits per heavy atom. The predicted molar refractivity (Wildman–Crippen MR) is 121 cm³/mol. The summed E-state index contributed by atoms with van der Waals surface area (Å²) in [7, 11) is 0. The van der Waals surface area contributed by atoms with Crippen LogP contribution in [0.1, 0.15) is 6.92 Å². The zero-order valence-electron chi connectivity index (χ0n) is 18.6. The lowest BCUT2D eigenvalue weighted by Crippen LogP contribution is -3.15. The number of fused-ring (bicyclic) bond motifs is 2. The average Bonchev–Trinajstić information content (AvgIpc) is 2.83. The number of piperazine rings is 1. The van der Waals surface area contributed by atoms with Gasteiger partial charge in [-0.25, -0.2) is 9.59 Å². The summed E-state index contributed by atoms with van der Waals surface area (Å²) in [6.45, 7) is 5.33. The van der Waals surface area contributed by atoms with E-state index in [1.54, 1.807) is 16.7 Å². The lowest BCUT2D eigenvalue weighted by Gasteiger charge is -2.34. The lowest BCUT2D eigenvalue weighted by molar-refractivity contribution is -0.895. The maximum Gasteiger partial charge on any atom is 0.410 e. The van der Waals surface area contributed by atoms with E-state index < -0.39 is 11.9 Å². The minimum absolute atomic E-state index is 0.0831. The Hall–Kier alpha value is -3.57. The van der Waals surface area contributed by atoms with Gasteiger partial charge in [0.25, 0.3) is 5.91 Å². The first-order valence-corrected chi connectivity index (χ1v) is 11.5. The Kier molecular flexibility index (Phi) is 8.50. The summed E-state index contributed by atoms with van der Waals surface area (Å²) in [6, 6.07) is 16.1. The smallest absolute Gasteiger partial charge is 0.410 e. The van der Waals surface area contributed by atoms with Crippen molar-refractivity contribution >= 4 is 47.1 Å². The molecule has 2 aliphatic rings. The van der Waals surface area contributed by atoms with E-state index in [0.29, 0.717) is 26.2 Å². The van der Waals surface area contributed by atoms with Gasteiger partial charge in [-0.1, -0.05) is 36.0 Å². The van der Waals surface area contributed by atoms with Gasteiger partial charge < -0.3 is 24.6 Å². The van der Waals surface area contributed by atoms with Crippen molar-refractivity contribution in [1.82, 2.24) is 4.90 Å². The highest BCUT2D eigenvalue weighted by Gasteiger charge is 2.32. The van der Waals surface area contributed by atoms with Gasteiger partial charge in [-0.15, -0.1) is 0 Å². The van der Waals surface area contributed by atoms with E-state index in [1.165, 1.54) is 4.90 Å². The van der Waals surface area contributed by atoms with Crippen molar-refractivity contribution in [2.45, 2.75) is 16.7 Å². The first-order chi connectivity index (χ1) is 16.3. The van der Waals surface area contributed by atoms with Crippen LogP contribution in [0.5, 0.6) is 0 Å². The van der Waals surface area contributed by atoms with E-state index in [0.717, 1.165) is 34.3 Å². The molecule has 180 valence electrons. The van der Waals surface area contributed by atoms with Gasteiger partial charge in [-0.2, -0.15) is 0 Å². The third-order valence-corrected chi connectivity index (χ3v) is 6.38. The van der Waals surface area contributed by atoms with E-state index in [-0.39, 0.29) is 12.0 Å². The Morgan fingerprint density at radius 3 is 1.97 bits per heavy atom. The molecule has 10 nitrogen and oxygen atoms in total.